The quantitative estimate of drug-likeness (QED) is 0.814. The smallest absolute Gasteiger partial charge is 0.184 e. The number of ether oxygens (including phenoxy) is 2. The van der Waals surface area contributed by atoms with E-state index in [1.165, 1.54) is 13.0 Å². The zero-order chi connectivity index (χ0) is 10.8. The molecular weight excluding hydrogens is 199 g/mol. The summed E-state index contributed by atoms with van der Waals surface area (Å²) in [5, 5.41) is 9.49. The van der Waals surface area contributed by atoms with Gasteiger partial charge in [0.15, 0.2) is 6.29 Å². The zero-order valence-corrected chi connectivity index (χ0v) is 8.44. The fourth-order valence-electron chi connectivity index (χ4n) is 1.74. The summed E-state index contributed by atoms with van der Waals surface area (Å²) in [6.45, 7) is 2.53. The first-order valence-corrected chi connectivity index (χ1v) is 4.89. The van der Waals surface area contributed by atoms with Gasteiger partial charge in [-0.25, -0.2) is 4.39 Å². The minimum Gasteiger partial charge on any atom is -0.389 e. The lowest BCUT2D eigenvalue weighted by Crippen LogP contribution is -2.07. The van der Waals surface area contributed by atoms with Crippen LogP contribution in [0.15, 0.2) is 18.2 Å². The zero-order valence-electron chi connectivity index (χ0n) is 8.44. The SMILES string of the molecule is CC(O)c1c(F)cccc1C1OCCO1. The van der Waals surface area contributed by atoms with E-state index in [2.05, 4.69) is 0 Å². The first kappa shape index (κ1) is 10.5. The van der Waals surface area contributed by atoms with Gasteiger partial charge >= 0.3 is 0 Å². The van der Waals surface area contributed by atoms with Crippen LogP contribution in [0.3, 0.4) is 0 Å². The highest BCUT2D eigenvalue weighted by Gasteiger charge is 2.24. The summed E-state index contributed by atoms with van der Waals surface area (Å²) in [4.78, 5) is 0. The van der Waals surface area contributed by atoms with Gasteiger partial charge in [-0.3, -0.25) is 0 Å². The lowest BCUT2D eigenvalue weighted by atomic mass is 10.0. The van der Waals surface area contributed by atoms with E-state index in [4.69, 9.17) is 9.47 Å². The third-order valence-corrected chi connectivity index (χ3v) is 2.38. The van der Waals surface area contributed by atoms with Crippen LogP contribution in [0.2, 0.25) is 0 Å². The van der Waals surface area contributed by atoms with Crippen LogP contribution in [0.1, 0.15) is 30.4 Å². The molecule has 1 fully saturated rings. The Morgan fingerprint density at radius 1 is 1.40 bits per heavy atom. The number of aliphatic hydroxyl groups excluding tert-OH is 1. The highest BCUT2D eigenvalue weighted by molar-refractivity contribution is 5.31. The van der Waals surface area contributed by atoms with Gasteiger partial charge in [-0.2, -0.15) is 0 Å². The summed E-state index contributed by atoms with van der Waals surface area (Å²) >= 11 is 0. The van der Waals surface area contributed by atoms with E-state index in [1.807, 2.05) is 0 Å². The molecule has 82 valence electrons. The molecule has 1 atom stereocenters. The molecule has 15 heavy (non-hydrogen) atoms. The Balaban J connectivity index is 2.40. The molecule has 1 aliphatic rings. The van der Waals surface area contributed by atoms with E-state index in [0.717, 1.165) is 0 Å². The number of rotatable bonds is 2. The van der Waals surface area contributed by atoms with Gasteiger partial charge in [0.25, 0.3) is 0 Å². The minimum atomic E-state index is -0.867. The molecule has 1 aromatic carbocycles. The van der Waals surface area contributed by atoms with Crippen LogP contribution in [-0.2, 0) is 9.47 Å². The van der Waals surface area contributed by atoms with Crippen molar-refractivity contribution < 1.29 is 19.0 Å². The molecule has 1 heterocycles. The van der Waals surface area contributed by atoms with Crippen molar-refractivity contribution in [2.24, 2.45) is 0 Å². The predicted octanol–water partition coefficient (Wildman–Crippen LogP) is 1.92. The minimum absolute atomic E-state index is 0.254. The van der Waals surface area contributed by atoms with Gasteiger partial charge in [0.05, 0.1) is 19.3 Å². The number of benzene rings is 1. The highest BCUT2D eigenvalue weighted by atomic mass is 19.1. The molecule has 1 N–H and O–H groups in total. The predicted molar refractivity (Wildman–Crippen MR) is 51.7 cm³/mol. The lowest BCUT2D eigenvalue weighted by molar-refractivity contribution is -0.0461. The van der Waals surface area contributed by atoms with E-state index < -0.39 is 18.2 Å². The van der Waals surface area contributed by atoms with Gasteiger partial charge in [0.2, 0.25) is 0 Å². The van der Waals surface area contributed by atoms with Crippen molar-refractivity contribution in [2.75, 3.05) is 13.2 Å². The van der Waals surface area contributed by atoms with Crippen LogP contribution < -0.4 is 0 Å². The molecule has 1 saturated heterocycles. The number of hydrogen-bond acceptors (Lipinski definition) is 3. The third kappa shape index (κ3) is 2.02. The topological polar surface area (TPSA) is 38.7 Å². The Hall–Kier alpha value is -0.970. The summed E-state index contributed by atoms with van der Waals surface area (Å²) in [5.74, 6) is -0.429. The fraction of sp³-hybridized carbons (Fsp3) is 0.455. The van der Waals surface area contributed by atoms with Crippen molar-refractivity contribution in [3.63, 3.8) is 0 Å². The normalized spacial score (nSPS) is 19.4. The number of aliphatic hydroxyl groups is 1. The van der Waals surface area contributed by atoms with Crippen molar-refractivity contribution in [3.8, 4) is 0 Å². The molecule has 4 heteroatoms. The van der Waals surface area contributed by atoms with E-state index >= 15 is 0 Å². The molecule has 2 rings (SSSR count). The molecule has 0 saturated carbocycles. The van der Waals surface area contributed by atoms with E-state index in [9.17, 15) is 9.50 Å². The third-order valence-electron chi connectivity index (χ3n) is 2.38. The Labute approximate surface area is 87.4 Å². The molecule has 3 nitrogen and oxygen atoms in total. The van der Waals surface area contributed by atoms with Gasteiger partial charge in [0, 0.05) is 11.1 Å². The summed E-state index contributed by atoms with van der Waals surface area (Å²) in [6.07, 6.45) is -1.42. The standard InChI is InChI=1S/C11H13FO3/c1-7(13)10-8(3-2-4-9(10)12)11-14-5-6-15-11/h2-4,7,11,13H,5-6H2,1H3. The van der Waals surface area contributed by atoms with Crippen LogP contribution in [0.4, 0.5) is 4.39 Å². The van der Waals surface area contributed by atoms with Crippen LogP contribution in [0, 0.1) is 5.82 Å². The monoisotopic (exact) mass is 212 g/mol. The van der Waals surface area contributed by atoms with E-state index in [1.54, 1.807) is 12.1 Å². The van der Waals surface area contributed by atoms with Crippen LogP contribution in [-0.4, -0.2) is 18.3 Å². The first-order chi connectivity index (χ1) is 7.20. The van der Waals surface area contributed by atoms with Gasteiger partial charge in [-0.15, -0.1) is 0 Å². The van der Waals surface area contributed by atoms with E-state index in [-0.39, 0.29) is 5.56 Å². The Morgan fingerprint density at radius 2 is 2.07 bits per heavy atom. The molecule has 0 aromatic heterocycles. The summed E-state index contributed by atoms with van der Waals surface area (Å²) in [6, 6.07) is 4.61. The molecule has 0 spiro atoms. The van der Waals surface area contributed by atoms with E-state index in [0.29, 0.717) is 18.8 Å². The number of hydrogen-bond donors (Lipinski definition) is 1. The second-order valence-electron chi connectivity index (χ2n) is 3.49. The van der Waals surface area contributed by atoms with Crippen molar-refractivity contribution in [3.05, 3.63) is 35.1 Å². The molecular formula is C11H13FO3. The maximum atomic E-state index is 13.5. The maximum absolute atomic E-state index is 13.5. The average Bonchev–Trinajstić information content (AvgIpc) is 2.69. The molecule has 0 amide bonds. The molecule has 0 radical (unpaired) electrons. The molecule has 1 aromatic rings. The lowest BCUT2D eigenvalue weighted by Gasteiger charge is -2.16. The maximum Gasteiger partial charge on any atom is 0.184 e. The van der Waals surface area contributed by atoms with Gasteiger partial charge in [-0.1, -0.05) is 12.1 Å². The van der Waals surface area contributed by atoms with Crippen LogP contribution >= 0.6 is 0 Å². The van der Waals surface area contributed by atoms with Gasteiger partial charge < -0.3 is 14.6 Å². The number of halogens is 1. The molecule has 1 unspecified atom stereocenters. The molecule has 0 aliphatic carbocycles. The Morgan fingerprint density at radius 3 is 2.67 bits per heavy atom. The van der Waals surface area contributed by atoms with Gasteiger partial charge in [0.1, 0.15) is 5.82 Å². The Kier molecular flexibility index (Phi) is 3.00. The van der Waals surface area contributed by atoms with Crippen LogP contribution in [0.5, 0.6) is 0 Å². The molecule has 0 bridgehead atoms. The second kappa shape index (κ2) is 4.26. The van der Waals surface area contributed by atoms with Crippen molar-refractivity contribution in [1.29, 1.82) is 0 Å². The summed E-state index contributed by atoms with van der Waals surface area (Å²) in [7, 11) is 0. The molecule has 1 aliphatic heterocycles. The highest BCUT2D eigenvalue weighted by Crippen LogP contribution is 2.31. The van der Waals surface area contributed by atoms with Crippen LogP contribution in [0.25, 0.3) is 0 Å². The van der Waals surface area contributed by atoms with Crippen molar-refractivity contribution >= 4 is 0 Å². The summed E-state index contributed by atoms with van der Waals surface area (Å²) in [5.41, 5.74) is 0.826. The second-order valence-corrected chi connectivity index (χ2v) is 3.49. The fourth-order valence-corrected chi connectivity index (χ4v) is 1.74. The summed E-state index contributed by atoms with van der Waals surface area (Å²) < 4.78 is 24.1. The van der Waals surface area contributed by atoms with Crippen molar-refractivity contribution in [2.45, 2.75) is 19.3 Å². The Bertz CT molecular complexity index is 346. The van der Waals surface area contributed by atoms with Crippen molar-refractivity contribution in [1.82, 2.24) is 0 Å². The largest absolute Gasteiger partial charge is 0.389 e. The van der Waals surface area contributed by atoms with Gasteiger partial charge in [-0.05, 0) is 13.0 Å². The average molecular weight is 212 g/mol. The first-order valence-electron chi connectivity index (χ1n) is 4.89.